The van der Waals surface area contributed by atoms with Crippen LogP contribution in [-0.4, -0.2) is 25.8 Å². The Morgan fingerprint density at radius 3 is 2.60 bits per heavy atom. The smallest absolute Gasteiger partial charge is 0.214 e. The zero-order chi connectivity index (χ0) is 11.6. The summed E-state index contributed by atoms with van der Waals surface area (Å²) in [7, 11) is -2.25. The first kappa shape index (κ1) is 12.9. The first-order valence-electron chi connectivity index (χ1n) is 4.02. The predicted octanol–water partition coefficient (Wildman–Crippen LogP) is 1.16. The third-order valence-corrected chi connectivity index (χ3v) is 4.40. The molecule has 0 radical (unpaired) electrons. The van der Waals surface area contributed by atoms with Crippen LogP contribution in [0.2, 0.25) is 4.34 Å². The van der Waals surface area contributed by atoms with Gasteiger partial charge >= 0.3 is 0 Å². The Morgan fingerprint density at radius 1 is 1.67 bits per heavy atom. The molecule has 8 heteroatoms. The van der Waals surface area contributed by atoms with Crippen molar-refractivity contribution in [1.82, 2.24) is 4.98 Å². The average molecular weight is 271 g/mol. The lowest BCUT2D eigenvalue weighted by Crippen LogP contribution is -2.32. The first-order chi connectivity index (χ1) is 6.86. The fourth-order valence-electron chi connectivity index (χ4n) is 1.06. The highest BCUT2D eigenvalue weighted by Crippen LogP contribution is 2.29. The lowest BCUT2D eigenvalue weighted by molar-refractivity contribution is 0.102. The van der Waals surface area contributed by atoms with E-state index in [2.05, 4.69) is 4.98 Å². The zero-order valence-electron chi connectivity index (χ0n) is 8.18. The summed E-state index contributed by atoms with van der Waals surface area (Å²) in [5.41, 5.74) is 0. The van der Waals surface area contributed by atoms with Crippen molar-refractivity contribution < 1.29 is 13.2 Å². The van der Waals surface area contributed by atoms with Crippen LogP contribution in [0.1, 0.15) is 18.0 Å². The molecule has 0 aliphatic carbocycles. The van der Waals surface area contributed by atoms with Crippen LogP contribution in [0.25, 0.3) is 0 Å². The normalized spacial score (nSPS) is 16.3. The number of aromatic nitrogens is 1. The highest BCUT2D eigenvalue weighted by Gasteiger charge is 2.30. The van der Waals surface area contributed by atoms with Gasteiger partial charge in [-0.25, -0.2) is 18.5 Å². The number of methoxy groups -OCH3 is 1. The van der Waals surface area contributed by atoms with Gasteiger partial charge in [-0.15, -0.1) is 11.3 Å². The fraction of sp³-hybridized carbons (Fsp3) is 0.571. The number of hydrogen-bond acceptors (Lipinski definition) is 5. The van der Waals surface area contributed by atoms with E-state index in [4.69, 9.17) is 21.5 Å². The molecule has 0 saturated carbocycles. The quantitative estimate of drug-likeness (QED) is 0.890. The molecule has 2 N–H and O–H groups in total. The second-order valence-electron chi connectivity index (χ2n) is 2.95. The molecule has 1 heterocycles. The summed E-state index contributed by atoms with van der Waals surface area (Å²) in [6.07, 6.45) is 0.765. The number of rotatable bonds is 4. The van der Waals surface area contributed by atoms with Gasteiger partial charge in [0.25, 0.3) is 0 Å². The maximum absolute atomic E-state index is 11.2. The fourth-order valence-corrected chi connectivity index (χ4v) is 2.85. The van der Waals surface area contributed by atoms with E-state index < -0.39 is 21.4 Å². The van der Waals surface area contributed by atoms with E-state index in [0.717, 1.165) is 0 Å². The average Bonchev–Trinajstić information content (AvgIpc) is 2.51. The van der Waals surface area contributed by atoms with Gasteiger partial charge in [-0.1, -0.05) is 11.6 Å². The summed E-state index contributed by atoms with van der Waals surface area (Å²) in [6.45, 7) is 1.47. The summed E-state index contributed by atoms with van der Waals surface area (Å²) >= 11 is 6.87. The topological polar surface area (TPSA) is 82.3 Å². The molecule has 5 nitrogen and oxygen atoms in total. The minimum absolute atomic E-state index is 0.480. The number of nitrogens with zero attached hydrogens (tertiary/aromatic N) is 1. The van der Waals surface area contributed by atoms with Crippen LogP contribution in [-0.2, 0) is 14.8 Å². The molecule has 1 aromatic rings. The summed E-state index contributed by atoms with van der Waals surface area (Å²) in [4.78, 5) is 3.96. The lowest BCUT2D eigenvalue weighted by atomic mass is 10.3. The maximum Gasteiger partial charge on any atom is 0.214 e. The molecule has 0 aliphatic rings. The van der Waals surface area contributed by atoms with Crippen LogP contribution < -0.4 is 5.14 Å². The van der Waals surface area contributed by atoms with Gasteiger partial charge in [0.15, 0.2) is 0 Å². The molecule has 0 aliphatic heterocycles. The lowest BCUT2D eigenvalue weighted by Gasteiger charge is -2.18. The van der Waals surface area contributed by atoms with Crippen molar-refractivity contribution in [3.05, 3.63) is 15.5 Å². The van der Waals surface area contributed by atoms with Gasteiger partial charge in [0.1, 0.15) is 20.7 Å². The molecular formula is C7H11ClN2O3S2. The Morgan fingerprint density at radius 2 is 2.27 bits per heavy atom. The van der Waals surface area contributed by atoms with Crippen molar-refractivity contribution in [2.24, 2.45) is 5.14 Å². The van der Waals surface area contributed by atoms with Gasteiger partial charge in [-0.2, -0.15) is 0 Å². The van der Waals surface area contributed by atoms with E-state index in [9.17, 15) is 8.42 Å². The molecule has 0 amide bonds. The van der Waals surface area contributed by atoms with Crippen LogP contribution in [0, 0.1) is 0 Å². The van der Waals surface area contributed by atoms with Gasteiger partial charge < -0.3 is 4.74 Å². The molecule has 86 valence electrons. The minimum atomic E-state index is -3.65. The molecule has 0 spiro atoms. The van der Waals surface area contributed by atoms with Crippen molar-refractivity contribution in [2.45, 2.75) is 18.3 Å². The Hall–Kier alpha value is -0.210. The molecule has 0 fully saturated rings. The van der Waals surface area contributed by atoms with Crippen molar-refractivity contribution in [3.8, 4) is 0 Å². The highest BCUT2D eigenvalue weighted by molar-refractivity contribution is 7.89. The molecule has 1 rings (SSSR count). The van der Waals surface area contributed by atoms with E-state index in [-0.39, 0.29) is 0 Å². The molecule has 1 aromatic heterocycles. The standard InChI is InChI=1S/C7H11ClN2O3S2/c1-4(15(9,11)12)6(13-2)7-10-3-5(8)14-7/h3-4,6H,1-2H3,(H2,9,11,12)/t4-,6-/m1/s1. The van der Waals surface area contributed by atoms with Gasteiger partial charge in [-0.05, 0) is 6.92 Å². The number of hydrogen-bond donors (Lipinski definition) is 1. The monoisotopic (exact) mass is 270 g/mol. The van der Waals surface area contributed by atoms with Gasteiger partial charge in [0.05, 0.1) is 6.20 Å². The second kappa shape index (κ2) is 4.75. The Kier molecular flexibility index (Phi) is 4.07. The van der Waals surface area contributed by atoms with Crippen LogP contribution in [0.5, 0.6) is 0 Å². The molecule has 2 atom stereocenters. The molecule has 0 unspecified atom stereocenters. The van der Waals surface area contributed by atoms with E-state index in [0.29, 0.717) is 9.34 Å². The summed E-state index contributed by atoms with van der Waals surface area (Å²) in [5.74, 6) is 0. The first-order valence-corrected chi connectivity index (χ1v) is 6.82. The van der Waals surface area contributed by atoms with Crippen molar-refractivity contribution >= 4 is 33.0 Å². The van der Waals surface area contributed by atoms with Gasteiger partial charge in [0.2, 0.25) is 10.0 Å². The zero-order valence-corrected chi connectivity index (χ0v) is 10.6. The molecule has 15 heavy (non-hydrogen) atoms. The van der Waals surface area contributed by atoms with E-state index >= 15 is 0 Å². The minimum Gasteiger partial charge on any atom is -0.373 e. The number of thiazole rings is 1. The number of nitrogens with two attached hydrogens (primary N) is 1. The molecule has 0 bridgehead atoms. The highest BCUT2D eigenvalue weighted by atomic mass is 35.5. The van der Waals surface area contributed by atoms with E-state index in [1.54, 1.807) is 0 Å². The predicted molar refractivity (Wildman–Crippen MR) is 59.4 cm³/mol. The van der Waals surface area contributed by atoms with Crippen molar-refractivity contribution in [1.29, 1.82) is 0 Å². The van der Waals surface area contributed by atoms with Gasteiger partial charge in [-0.3, -0.25) is 0 Å². The molecule has 0 aromatic carbocycles. The van der Waals surface area contributed by atoms with Crippen LogP contribution >= 0.6 is 22.9 Å². The van der Waals surface area contributed by atoms with Crippen LogP contribution in [0.3, 0.4) is 0 Å². The van der Waals surface area contributed by atoms with Crippen molar-refractivity contribution in [3.63, 3.8) is 0 Å². The number of halogens is 1. The largest absolute Gasteiger partial charge is 0.373 e. The molecular weight excluding hydrogens is 260 g/mol. The number of sulfonamides is 1. The Bertz CT molecular complexity index is 431. The number of ether oxygens (including phenoxy) is 1. The summed E-state index contributed by atoms with van der Waals surface area (Å²) < 4.78 is 27.9. The second-order valence-corrected chi connectivity index (χ2v) is 6.57. The maximum atomic E-state index is 11.2. The molecule has 0 saturated heterocycles. The number of primary sulfonamides is 1. The summed E-state index contributed by atoms with van der Waals surface area (Å²) in [6, 6.07) is 0. The SMILES string of the molecule is CO[C@@H](c1ncc(Cl)s1)[C@@H](C)S(N)(=O)=O. The van der Waals surface area contributed by atoms with E-state index in [1.807, 2.05) is 0 Å². The summed E-state index contributed by atoms with van der Waals surface area (Å²) in [5, 5.41) is 4.68. The van der Waals surface area contributed by atoms with Crippen LogP contribution in [0.4, 0.5) is 0 Å². The van der Waals surface area contributed by atoms with Crippen molar-refractivity contribution in [2.75, 3.05) is 7.11 Å². The Labute approximate surface area is 97.3 Å². The van der Waals surface area contributed by atoms with Gasteiger partial charge in [0, 0.05) is 7.11 Å². The third-order valence-electron chi connectivity index (χ3n) is 1.94. The van der Waals surface area contributed by atoms with E-state index in [1.165, 1.54) is 31.6 Å². The van der Waals surface area contributed by atoms with Crippen LogP contribution in [0.15, 0.2) is 6.20 Å². The third kappa shape index (κ3) is 3.12. The Balaban J connectivity index is 2.99.